The second-order valence-corrected chi connectivity index (χ2v) is 5.09. The number of carbonyl (C=O) groups excluding carboxylic acids is 2. The summed E-state index contributed by atoms with van der Waals surface area (Å²) in [6.07, 6.45) is 3.29. The Balaban J connectivity index is 0. The standard InChI is InChI=1S/C6H8N2O2.C4H10O3S/c1-2-6(10)8-4-3-5(7)9;1-4(2)3-8(5,6)7/h2-4H,1H2,(H2,7,9)(H,8,10);4H,3H2,1-2H3,(H,5,6,7). The van der Waals surface area contributed by atoms with E-state index in [4.69, 9.17) is 10.3 Å². The summed E-state index contributed by atoms with van der Waals surface area (Å²) in [6, 6.07) is 0. The van der Waals surface area contributed by atoms with E-state index in [1.165, 1.54) is 0 Å². The van der Waals surface area contributed by atoms with E-state index in [9.17, 15) is 18.0 Å². The van der Waals surface area contributed by atoms with Crippen molar-refractivity contribution in [2.45, 2.75) is 13.8 Å². The quantitative estimate of drug-likeness (QED) is 0.475. The van der Waals surface area contributed by atoms with Crippen molar-refractivity contribution in [1.29, 1.82) is 0 Å². The summed E-state index contributed by atoms with van der Waals surface area (Å²) in [5, 5.41) is 2.23. The van der Waals surface area contributed by atoms with E-state index in [2.05, 4.69) is 11.9 Å². The normalized spacial score (nSPS) is 10.7. The number of nitrogens with two attached hydrogens (primary N) is 1. The molecule has 0 unspecified atom stereocenters. The van der Waals surface area contributed by atoms with E-state index in [1.807, 2.05) is 0 Å². The van der Waals surface area contributed by atoms with Gasteiger partial charge in [-0.15, -0.1) is 0 Å². The van der Waals surface area contributed by atoms with Crippen molar-refractivity contribution in [3.8, 4) is 0 Å². The number of nitrogens with one attached hydrogen (secondary N) is 1. The van der Waals surface area contributed by atoms with Crippen LogP contribution in [0.5, 0.6) is 0 Å². The van der Waals surface area contributed by atoms with Gasteiger partial charge in [-0.3, -0.25) is 14.1 Å². The largest absolute Gasteiger partial charge is 0.366 e. The Morgan fingerprint density at radius 3 is 2.17 bits per heavy atom. The number of amides is 2. The summed E-state index contributed by atoms with van der Waals surface area (Å²) in [5.41, 5.74) is 4.72. The van der Waals surface area contributed by atoms with Crippen molar-refractivity contribution in [2.24, 2.45) is 11.7 Å². The lowest BCUT2D eigenvalue weighted by Gasteiger charge is -1.97. The summed E-state index contributed by atoms with van der Waals surface area (Å²) in [4.78, 5) is 20.4. The van der Waals surface area contributed by atoms with Crippen LogP contribution in [0.25, 0.3) is 0 Å². The zero-order chi connectivity index (χ0) is 14.8. The van der Waals surface area contributed by atoms with Crippen molar-refractivity contribution < 1.29 is 22.6 Å². The maximum Gasteiger partial charge on any atom is 0.265 e. The van der Waals surface area contributed by atoms with E-state index in [0.717, 1.165) is 18.4 Å². The van der Waals surface area contributed by atoms with E-state index in [0.29, 0.717) is 0 Å². The van der Waals surface area contributed by atoms with Crippen LogP contribution in [0.15, 0.2) is 24.9 Å². The summed E-state index contributed by atoms with van der Waals surface area (Å²) in [5.74, 6) is -1.13. The van der Waals surface area contributed by atoms with Gasteiger partial charge in [0.15, 0.2) is 0 Å². The number of rotatable bonds is 5. The van der Waals surface area contributed by atoms with Gasteiger partial charge in [0.1, 0.15) is 0 Å². The average Bonchev–Trinajstić information content (AvgIpc) is 2.13. The van der Waals surface area contributed by atoms with Gasteiger partial charge in [-0.2, -0.15) is 8.42 Å². The van der Waals surface area contributed by atoms with E-state index in [1.54, 1.807) is 13.8 Å². The smallest absolute Gasteiger partial charge is 0.265 e. The van der Waals surface area contributed by atoms with Gasteiger partial charge in [-0.05, 0) is 12.0 Å². The number of carbonyl (C=O) groups is 2. The molecule has 0 radical (unpaired) electrons. The van der Waals surface area contributed by atoms with Crippen LogP contribution >= 0.6 is 0 Å². The molecule has 0 saturated carbocycles. The Kier molecular flexibility index (Phi) is 9.73. The Labute approximate surface area is 106 Å². The molecule has 0 rings (SSSR count). The van der Waals surface area contributed by atoms with Crippen LogP contribution in [0.4, 0.5) is 0 Å². The minimum Gasteiger partial charge on any atom is -0.366 e. The van der Waals surface area contributed by atoms with Gasteiger partial charge in [0.25, 0.3) is 10.1 Å². The molecule has 4 N–H and O–H groups in total. The van der Waals surface area contributed by atoms with Crippen LogP contribution in [0.3, 0.4) is 0 Å². The van der Waals surface area contributed by atoms with Crippen LogP contribution in [-0.4, -0.2) is 30.5 Å². The minimum atomic E-state index is -3.72. The molecule has 0 aromatic heterocycles. The Bertz CT molecular complexity index is 412. The average molecular weight is 278 g/mol. The molecule has 104 valence electrons. The molecule has 0 saturated heterocycles. The zero-order valence-corrected chi connectivity index (χ0v) is 11.1. The molecule has 0 spiro atoms. The third kappa shape index (κ3) is 19.8. The van der Waals surface area contributed by atoms with E-state index in [-0.39, 0.29) is 17.6 Å². The molecule has 18 heavy (non-hydrogen) atoms. The zero-order valence-electron chi connectivity index (χ0n) is 10.3. The van der Waals surface area contributed by atoms with Crippen LogP contribution in [-0.2, 0) is 19.7 Å². The number of hydrogen-bond acceptors (Lipinski definition) is 4. The van der Waals surface area contributed by atoms with Crippen molar-refractivity contribution in [1.82, 2.24) is 5.32 Å². The lowest BCUT2D eigenvalue weighted by atomic mass is 10.3. The number of hydrogen-bond donors (Lipinski definition) is 3. The Morgan fingerprint density at radius 2 is 1.94 bits per heavy atom. The van der Waals surface area contributed by atoms with Crippen molar-refractivity contribution in [3.05, 3.63) is 24.9 Å². The third-order valence-corrected chi connectivity index (χ3v) is 2.29. The first-order chi connectivity index (χ1) is 8.08. The molecule has 7 nitrogen and oxygen atoms in total. The molecule has 0 aliphatic carbocycles. The van der Waals surface area contributed by atoms with Crippen molar-refractivity contribution in [3.63, 3.8) is 0 Å². The molecule has 0 heterocycles. The van der Waals surface area contributed by atoms with Gasteiger partial charge in [-0.25, -0.2) is 0 Å². The highest BCUT2D eigenvalue weighted by molar-refractivity contribution is 7.85. The molecule has 8 heteroatoms. The van der Waals surface area contributed by atoms with Gasteiger partial charge < -0.3 is 11.1 Å². The number of primary amides is 1. The highest BCUT2D eigenvalue weighted by Gasteiger charge is 2.06. The molecule has 0 aliphatic rings. The molecule has 0 fully saturated rings. The molecule has 0 atom stereocenters. The fourth-order valence-corrected chi connectivity index (χ4v) is 1.53. The highest BCUT2D eigenvalue weighted by Crippen LogP contribution is 1.95. The second kappa shape index (κ2) is 9.37. The van der Waals surface area contributed by atoms with Crippen LogP contribution < -0.4 is 11.1 Å². The van der Waals surface area contributed by atoms with Crippen LogP contribution in [0.1, 0.15) is 13.8 Å². The minimum absolute atomic E-state index is 0.00463. The third-order valence-electron chi connectivity index (χ3n) is 1.20. The summed E-state index contributed by atoms with van der Waals surface area (Å²) >= 11 is 0. The lowest BCUT2D eigenvalue weighted by Crippen LogP contribution is -2.15. The van der Waals surface area contributed by atoms with Gasteiger partial charge in [0, 0.05) is 12.3 Å². The monoisotopic (exact) mass is 278 g/mol. The summed E-state index contributed by atoms with van der Waals surface area (Å²) < 4.78 is 28.2. The van der Waals surface area contributed by atoms with E-state index < -0.39 is 16.0 Å². The van der Waals surface area contributed by atoms with Gasteiger partial charge >= 0.3 is 0 Å². The predicted octanol–water partition coefficient (Wildman–Crippen LogP) is -0.182. The van der Waals surface area contributed by atoms with Crippen molar-refractivity contribution >= 4 is 21.9 Å². The maximum atomic E-state index is 10.4. The molecule has 0 aromatic rings. The van der Waals surface area contributed by atoms with E-state index >= 15 is 0 Å². The lowest BCUT2D eigenvalue weighted by molar-refractivity contribution is -0.115. The molecular weight excluding hydrogens is 260 g/mol. The highest BCUT2D eigenvalue weighted by atomic mass is 32.2. The molecule has 0 aromatic carbocycles. The predicted molar refractivity (Wildman–Crippen MR) is 67.9 cm³/mol. The fraction of sp³-hybridized carbons (Fsp3) is 0.400. The molecule has 0 bridgehead atoms. The Hall–Kier alpha value is -1.67. The van der Waals surface area contributed by atoms with Gasteiger partial charge in [-0.1, -0.05) is 20.4 Å². The molecule has 0 aliphatic heterocycles. The maximum absolute atomic E-state index is 10.4. The topological polar surface area (TPSA) is 127 Å². The van der Waals surface area contributed by atoms with Crippen molar-refractivity contribution in [2.75, 3.05) is 5.75 Å². The SMILES string of the molecule is C=CC(=O)NC=CC(N)=O.CC(C)CS(=O)(=O)O. The van der Waals surface area contributed by atoms with Crippen LogP contribution in [0, 0.1) is 5.92 Å². The fourth-order valence-electron chi connectivity index (χ4n) is 0.686. The van der Waals surface area contributed by atoms with Gasteiger partial charge in [0.05, 0.1) is 5.75 Å². The molecule has 2 amide bonds. The Morgan fingerprint density at radius 1 is 1.44 bits per heavy atom. The van der Waals surface area contributed by atoms with Crippen LogP contribution in [0.2, 0.25) is 0 Å². The molecular formula is C10H18N2O5S. The summed E-state index contributed by atoms with van der Waals surface area (Å²) in [7, 11) is -3.72. The second-order valence-electron chi connectivity index (χ2n) is 3.59. The first-order valence-electron chi connectivity index (χ1n) is 4.92. The first-order valence-corrected chi connectivity index (χ1v) is 6.53. The summed E-state index contributed by atoms with van der Waals surface area (Å²) in [6.45, 7) is 6.66. The van der Waals surface area contributed by atoms with Gasteiger partial charge in [0.2, 0.25) is 11.8 Å². The first kappa shape index (κ1) is 18.7.